The van der Waals surface area contributed by atoms with E-state index < -0.39 is 6.10 Å². The van der Waals surface area contributed by atoms with Crippen LogP contribution in [0.2, 0.25) is 0 Å². The third-order valence-electron chi connectivity index (χ3n) is 11.5. The molecule has 0 unspecified atom stereocenters. The number of hydrogen-bond donors (Lipinski definition) is 0. The van der Waals surface area contributed by atoms with E-state index in [1.807, 2.05) is 0 Å². The maximum absolute atomic E-state index is 12.7. The summed E-state index contributed by atoms with van der Waals surface area (Å²) in [5, 5.41) is 0. The second-order valence-electron chi connectivity index (χ2n) is 18.4. The van der Waals surface area contributed by atoms with Crippen molar-refractivity contribution < 1.29 is 28.6 Å². The molecule has 0 aromatic heterocycles. The molecule has 0 aliphatic carbocycles. The van der Waals surface area contributed by atoms with Crippen LogP contribution in [-0.2, 0) is 28.6 Å². The Balaban J connectivity index is 4.21. The van der Waals surface area contributed by atoms with Crippen molar-refractivity contribution in [2.24, 2.45) is 11.8 Å². The number of rotatable bonds is 45. The monoisotopic (exact) mass is 807 g/mol. The molecule has 0 radical (unpaired) electrons. The highest BCUT2D eigenvalue weighted by Gasteiger charge is 2.19. The van der Waals surface area contributed by atoms with Crippen LogP contribution in [0.25, 0.3) is 0 Å². The maximum atomic E-state index is 12.7. The number of carbonyl (C=O) groups is 3. The van der Waals surface area contributed by atoms with Gasteiger partial charge >= 0.3 is 17.9 Å². The number of carbonyl (C=O) groups excluding carboxylic acids is 3. The van der Waals surface area contributed by atoms with Gasteiger partial charge in [-0.3, -0.25) is 14.4 Å². The van der Waals surface area contributed by atoms with Gasteiger partial charge in [0, 0.05) is 19.3 Å². The molecule has 0 heterocycles. The van der Waals surface area contributed by atoms with Crippen LogP contribution in [0.3, 0.4) is 0 Å². The molecule has 57 heavy (non-hydrogen) atoms. The molecule has 0 aromatic carbocycles. The van der Waals surface area contributed by atoms with Crippen LogP contribution >= 0.6 is 0 Å². The fraction of sp³-hybridized carbons (Fsp3) is 0.941. The quantitative estimate of drug-likeness (QED) is 0.0346. The van der Waals surface area contributed by atoms with Crippen LogP contribution in [-0.4, -0.2) is 37.2 Å². The Morgan fingerprint density at radius 1 is 0.333 bits per heavy atom. The van der Waals surface area contributed by atoms with E-state index in [0.717, 1.165) is 69.6 Å². The zero-order valence-corrected chi connectivity index (χ0v) is 39.0. The molecule has 0 saturated heterocycles. The van der Waals surface area contributed by atoms with Crippen LogP contribution in [0.5, 0.6) is 0 Å². The third kappa shape index (κ3) is 45.3. The van der Waals surface area contributed by atoms with E-state index >= 15 is 0 Å². The predicted molar refractivity (Wildman–Crippen MR) is 243 cm³/mol. The number of esters is 3. The van der Waals surface area contributed by atoms with Gasteiger partial charge in [-0.15, -0.1) is 0 Å². The topological polar surface area (TPSA) is 78.9 Å². The molecule has 0 saturated carbocycles. The Labute approximate surface area is 355 Å². The van der Waals surface area contributed by atoms with E-state index in [2.05, 4.69) is 34.6 Å². The predicted octanol–water partition coefficient (Wildman–Crippen LogP) is 16.1. The lowest BCUT2D eigenvalue weighted by Crippen LogP contribution is -2.30. The molecule has 0 rings (SSSR count). The minimum Gasteiger partial charge on any atom is -0.462 e. The molecule has 0 bridgehead atoms. The van der Waals surface area contributed by atoms with Gasteiger partial charge in [0.15, 0.2) is 6.10 Å². The van der Waals surface area contributed by atoms with Gasteiger partial charge in [0.05, 0.1) is 0 Å². The van der Waals surface area contributed by atoms with Crippen LogP contribution < -0.4 is 0 Å². The van der Waals surface area contributed by atoms with Gasteiger partial charge in [-0.1, -0.05) is 240 Å². The summed E-state index contributed by atoms with van der Waals surface area (Å²) in [4.78, 5) is 37.8. The zero-order chi connectivity index (χ0) is 41.9. The van der Waals surface area contributed by atoms with Gasteiger partial charge in [0.1, 0.15) is 13.2 Å². The first-order valence-corrected chi connectivity index (χ1v) is 25.2. The zero-order valence-electron chi connectivity index (χ0n) is 39.0. The van der Waals surface area contributed by atoms with Gasteiger partial charge in [-0.05, 0) is 31.1 Å². The van der Waals surface area contributed by atoms with Gasteiger partial charge in [-0.2, -0.15) is 0 Å². The molecule has 0 aliphatic heterocycles. The first-order valence-electron chi connectivity index (χ1n) is 25.2. The van der Waals surface area contributed by atoms with E-state index in [0.29, 0.717) is 19.3 Å². The van der Waals surface area contributed by atoms with Gasteiger partial charge in [0.2, 0.25) is 0 Å². The van der Waals surface area contributed by atoms with Gasteiger partial charge in [-0.25, -0.2) is 0 Å². The van der Waals surface area contributed by atoms with Crippen LogP contribution in [0.4, 0.5) is 0 Å². The van der Waals surface area contributed by atoms with Crippen LogP contribution in [0.1, 0.15) is 279 Å². The van der Waals surface area contributed by atoms with Gasteiger partial charge in [0.25, 0.3) is 0 Å². The maximum Gasteiger partial charge on any atom is 0.306 e. The Morgan fingerprint density at radius 3 is 0.860 bits per heavy atom. The molecule has 338 valence electrons. The fourth-order valence-electron chi connectivity index (χ4n) is 7.64. The third-order valence-corrected chi connectivity index (χ3v) is 11.5. The second-order valence-corrected chi connectivity index (χ2v) is 18.4. The molecule has 0 amide bonds. The van der Waals surface area contributed by atoms with Gasteiger partial charge < -0.3 is 14.2 Å². The average Bonchev–Trinajstić information content (AvgIpc) is 3.18. The molecule has 0 spiro atoms. The normalized spacial score (nSPS) is 12.1. The Bertz CT molecular complexity index is 870. The summed E-state index contributed by atoms with van der Waals surface area (Å²) in [6.07, 6.45) is 43.9. The minimum atomic E-state index is -0.761. The molecular weight excluding hydrogens is 709 g/mol. The summed E-state index contributed by atoms with van der Waals surface area (Å²) in [7, 11) is 0. The highest BCUT2D eigenvalue weighted by atomic mass is 16.6. The van der Waals surface area contributed by atoms with E-state index in [1.165, 1.54) is 167 Å². The number of ether oxygens (including phenoxy) is 3. The minimum absolute atomic E-state index is 0.0646. The first kappa shape index (κ1) is 55.4. The summed E-state index contributed by atoms with van der Waals surface area (Å²) in [5.74, 6) is 0.776. The highest BCUT2D eigenvalue weighted by molar-refractivity contribution is 5.71. The lowest BCUT2D eigenvalue weighted by Gasteiger charge is -2.18. The van der Waals surface area contributed by atoms with Crippen molar-refractivity contribution in [3.8, 4) is 0 Å². The largest absolute Gasteiger partial charge is 0.462 e. The Hall–Kier alpha value is -1.59. The van der Waals surface area contributed by atoms with Crippen molar-refractivity contribution in [3.05, 3.63) is 0 Å². The molecule has 6 heteroatoms. The SMILES string of the molecule is CCCCCCCCCCCCC(=O)OC[C@H](COC(=O)CCCCCCCCCCCCCCCCCCC(C)C)OC(=O)CCCCCCCCCC(C)C. The van der Waals surface area contributed by atoms with Crippen molar-refractivity contribution in [1.82, 2.24) is 0 Å². The molecule has 0 N–H and O–H groups in total. The standard InChI is InChI=1S/C51H98O6/c1-6-7-8-9-10-11-21-26-31-36-41-49(52)55-44-48(57-51(54)43-38-33-28-23-25-30-35-40-47(4)5)45-56-50(53)42-37-32-27-22-19-17-15-13-12-14-16-18-20-24-29-34-39-46(2)3/h46-48H,6-45H2,1-5H3/t48-/m1/s1. The van der Waals surface area contributed by atoms with E-state index in [9.17, 15) is 14.4 Å². The van der Waals surface area contributed by atoms with Crippen molar-refractivity contribution in [2.75, 3.05) is 13.2 Å². The Kier molecular flexibility index (Phi) is 42.7. The van der Waals surface area contributed by atoms with Crippen molar-refractivity contribution in [1.29, 1.82) is 0 Å². The van der Waals surface area contributed by atoms with Crippen molar-refractivity contribution in [3.63, 3.8) is 0 Å². The second kappa shape index (κ2) is 44.0. The van der Waals surface area contributed by atoms with E-state index in [1.54, 1.807) is 0 Å². The summed E-state index contributed by atoms with van der Waals surface area (Å²) < 4.78 is 16.7. The van der Waals surface area contributed by atoms with Crippen molar-refractivity contribution in [2.45, 2.75) is 285 Å². The summed E-state index contributed by atoms with van der Waals surface area (Å²) in [6, 6.07) is 0. The summed E-state index contributed by atoms with van der Waals surface area (Å²) in [5.41, 5.74) is 0. The van der Waals surface area contributed by atoms with Crippen LogP contribution in [0.15, 0.2) is 0 Å². The average molecular weight is 807 g/mol. The van der Waals surface area contributed by atoms with E-state index in [-0.39, 0.29) is 31.1 Å². The van der Waals surface area contributed by atoms with E-state index in [4.69, 9.17) is 14.2 Å². The molecular formula is C51H98O6. The molecule has 6 nitrogen and oxygen atoms in total. The number of unbranched alkanes of at least 4 members (excludes halogenated alkanes) is 30. The lowest BCUT2D eigenvalue weighted by molar-refractivity contribution is -0.167. The molecule has 0 fully saturated rings. The lowest BCUT2D eigenvalue weighted by atomic mass is 10.0. The molecule has 0 aliphatic rings. The first-order chi connectivity index (χ1) is 27.7. The molecule has 0 aromatic rings. The van der Waals surface area contributed by atoms with Crippen molar-refractivity contribution >= 4 is 17.9 Å². The highest BCUT2D eigenvalue weighted by Crippen LogP contribution is 2.17. The smallest absolute Gasteiger partial charge is 0.306 e. The number of hydrogen-bond acceptors (Lipinski definition) is 6. The Morgan fingerprint density at radius 2 is 0.579 bits per heavy atom. The summed E-state index contributed by atoms with van der Waals surface area (Å²) >= 11 is 0. The summed E-state index contributed by atoms with van der Waals surface area (Å²) in [6.45, 7) is 11.3. The van der Waals surface area contributed by atoms with Crippen LogP contribution in [0, 0.1) is 11.8 Å². The molecule has 1 atom stereocenters. The fourth-order valence-corrected chi connectivity index (χ4v) is 7.64.